The highest BCUT2D eigenvalue weighted by Crippen LogP contribution is 2.34. The number of halogens is 1. The van der Waals surface area contributed by atoms with Gasteiger partial charge in [-0.2, -0.15) is 0 Å². The molecule has 2 saturated heterocycles. The molecule has 11 heteroatoms. The second-order valence-electron chi connectivity index (χ2n) is 7.30. The van der Waals surface area contributed by atoms with Gasteiger partial charge in [-0.15, -0.1) is 5.10 Å². The number of aromatic nitrogens is 3. The molecule has 156 valence electrons. The zero-order valence-electron chi connectivity index (χ0n) is 15.5. The van der Waals surface area contributed by atoms with E-state index >= 15 is 0 Å². The minimum atomic E-state index is -3.02. The number of hydrogen-bond donors (Lipinski definition) is 1. The van der Waals surface area contributed by atoms with Crippen LogP contribution in [0.1, 0.15) is 30.4 Å². The van der Waals surface area contributed by atoms with Gasteiger partial charge in [-0.3, -0.25) is 4.90 Å². The van der Waals surface area contributed by atoms with Crippen molar-refractivity contribution in [2.45, 2.75) is 30.9 Å². The molecule has 0 saturated carbocycles. The topological polar surface area (TPSA) is 115 Å². The summed E-state index contributed by atoms with van der Waals surface area (Å²) in [6.45, 7) is -0.169. The summed E-state index contributed by atoms with van der Waals surface area (Å²) in [4.78, 5) is 13.6. The third kappa shape index (κ3) is 3.97. The Morgan fingerprint density at radius 2 is 2.07 bits per heavy atom. The predicted molar refractivity (Wildman–Crippen MR) is 101 cm³/mol. The number of benzene rings is 1. The number of anilines is 1. The molecule has 1 aromatic heterocycles. The van der Waals surface area contributed by atoms with Gasteiger partial charge in [0, 0.05) is 6.20 Å². The Balaban J connectivity index is 1.50. The fourth-order valence-corrected chi connectivity index (χ4v) is 5.37. The van der Waals surface area contributed by atoms with Crippen LogP contribution < -0.4 is 4.90 Å². The molecule has 2 atom stereocenters. The molecule has 1 aromatic carbocycles. The van der Waals surface area contributed by atoms with Crippen molar-refractivity contribution in [3.05, 3.63) is 42.0 Å². The monoisotopic (exact) mass is 424 g/mol. The molecular weight excluding hydrogens is 403 g/mol. The molecule has 0 bridgehead atoms. The van der Waals surface area contributed by atoms with Gasteiger partial charge in [0.05, 0.1) is 36.5 Å². The van der Waals surface area contributed by atoms with Crippen molar-refractivity contribution < 1.29 is 27.4 Å². The number of aliphatic hydroxyl groups is 1. The standard InChI is InChI=1S/C18H21FN4O5S/c19-15-9-13(1-2-14(15)12-3-7-29(26,27)8-4-12)22-10-17(28-18(22)25)16(11-24)23-6-5-20-21-23/h1-2,5-6,9,12,16-17,24H,3-4,7-8,10-11H2. The minimum Gasteiger partial charge on any atom is -0.442 e. The quantitative estimate of drug-likeness (QED) is 0.769. The molecule has 1 amide bonds. The number of aliphatic hydroxyl groups excluding tert-OH is 1. The van der Waals surface area contributed by atoms with Gasteiger partial charge in [-0.1, -0.05) is 11.3 Å². The van der Waals surface area contributed by atoms with Crippen LogP contribution in [-0.4, -0.2) is 65.4 Å². The third-order valence-corrected chi connectivity index (χ3v) is 7.24. The lowest BCUT2D eigenvalue weighted by Gasteiger charge is -2.23. The number of amides is 1. The largest absolute Gasteiger partial charge is 0.442 e. The fraction of sp³-hybridized carbons (Fsp3) is 0.500. The summed E-state index contributed by atoms with van der Waals surface area (Å²) in [6.07, 6.45) is 2.51. The summed E-state index contributed by atoms with van der Waals surface area (Å²) >= 11 is 0. The van der Waals surface area contributed by atoms with E-state index in [1.165, 1.54) is 21.8 Å². The van der Waals surface area contributed by atoms with Gasteiger partial charge in [0.2, 0.25) is 0 Å². The number of carbonyl (C=O) groups excluding carboxylic acids is 1. The molecule has 2 aromatic rings. The first-order valence-corrected chi connectivity index (χ1v) is 11.1. The summed E-state index contributed by atoms with van der Waals surface area (Å²) in [5.41, 5.74) is 0.807. The molecule has 2 aliphatic rings. The van der Waals surface area contributed by atoms with Gasteiger partial charge in [-0.05, 0) is 36.5 Å². The Kier molecular flexibility index (Phi) is 5.26. The highest BCUT2D eigenvalue weighted by atomic mass is 32.2. The van der Waals surface area contributed by atoms with Crippen LogP contribution in [0.2, 0.25) is 0 Å². The summed E-state index contributed by atoms with van der Waals surface area (Å²) in [7, 11) is -3.02. The molecule has 3 heterocycles. The van der Waals surface area contributed by atoms with Crippen molar-refractivity contribution in [2.75, 3.05) is 29.6 Å². The zero-order valence-corrected chi connectivity index (χ0v) is 16.3. The van der Waals surface area contributed by atoms with E-state index in [0.717, 1.165) is 0 Å². The first-order chi connectivity index (χ1) is 13.9. The van der Waals surface area contributed by atoms with Crippen LogP contribution in [0.3, 0.4) is 0 Å². The Bertz CT molecular complexity index is 984. The molecule has 1 N–H and O–H groups in total. The van der Waals surface area contributed by atoms with Crippen LogP contribution in [0.25, 0.3) is 0 Å². The molecule has 29 heavy (non-hydrogen) atoms. The Hall–Kier alpha value is -2.53. The average molecular weight is 424 g/mol. The Morgan fingerprint density at radius 1 is 1.31 bits per heavy atom. The van der Waals surface area contributed by atoms with Gasteiger partial charge >= 0.3 is 6.09 Å². The molecular formula is C18H21FN4O5S. The van der Waals surface area contributed by atoms with E-state index in [9.17, 15) is 22.7 Å². The number of nitrogens with zero attached hydrogens (tertiary/aromatic N) is 4. The van der Waals surface area contributed by atoms with Crippen LogP contribution in [-0.2, 0) is 14.6 Å². The first-order valence-electron chi connectivity index (χ1n) is 9.32. The lowest BCUT2D eigenvalue weighted by molar-refractivity contribution is 0.0734. The van der Waals surface area contributed by atoms with Crippen molar-refractivity contribution in [3.63, 3.8) is 0 Å². The maximum absolute atomic E-state index is 14.8. The lowest BCUT2D eigenvalue weighted by atomic mass is 9.93. The van der Waals surface area contributed by atoms with Crippen molar-refractivity contribution in [3.8, 4) is 0 Å². The fourth-order valence-electron chi connectivity index (χ4n) is 3.88. The second-order valence-corrected chi connectivity index (χ2v) is 9.60. The van der Waals surface area contributed by atoms with E-state index in [1.54, 1.807) is 18.3 Å². The van der Waals surface area contributed by atoms with Crippen LogP contribution in [0, 0.1) is 5.82 Å². The number of ether oxygens (including phenoxy) is 1. The molecule has 2 unspecified atom stereocenters. The van der Waals surface area contributed by atoms with E-state index in [2.05, 4.69) is 10.3 Å². The van der Waals surface area contributed by atoms with Crippen LogP contribution >= 0.6 is 0 Å². The van der Waals surface area contributed by atoms with Gasteiger partial charge in [0.25, 0.3) is 0 Å². The van der Waals surface area contributed by atoms with Crippen molar-refractivity contribution >= 4 is 21.6 Å². The van der Waals surface area contributed by atoms with E-state index in [0.29, 0.717) is 24.1 Å². The van der Waals surface area contributed by atoms with Crippen molar-refractivity contribution in [2.24, 2.45) is 0 Å². The summed E-state index contributed by atoms with van der Waals surface area (Å²) in [5, 5.41) is 17.2. The highest BCUT2D eigenvalue weighted by Gasteiger charge is 2.39. The van der Waals surface area contributed by atoms with E-state index in [1.807, 2.05) is 0 Å². The smallest absolute Gasteiger partial charge is 0.414 e. The van der Waals surface area contributed by atoms with Crippen LogP contribution in [0.4, 0.5) is 14.9 Å². The molecule has 2 fully saturated rings. The number of rotatable bonds is 5. The molecule has 0 aliphatic carbocycles. The Labute approximate surface area is 167 Å². The van der Waals surface area contributed by atoms with E-state index in [4.69, 9.17) is 4.74 Å². The number of sulfone groups is 1. The maximum Gasteiger partial charge on any atom is 0.414 e. The summed E-state index contributed by atoms with van der Waals surface area (Å²) < 4.78 is 44.7. The first kappa shape index (κ1) is 19.8. The molecule has 4 rings (SSSR count). The Morgan fingerprint density at radius 3 is 2.69 bits per heavy atom. The van der Waals surface area contributed by atoms with E-state index in [-0.39, 0.29) is 30.6 Å². The zero-order chi connectivity index (χ0) is 20.6. The van der Waals surface area contributed by atoms with Gasteiger partial charge in [0.1, 0.15) is 27.8 Å². The van der Waals surface area contributed by atoms with Crippen LogP contribution in [0.5, 0.6) is 0 Å². The predicted octanol–water partition coefficient (Wildman–Crippen LogP) is 1.27. The molecule has 0 spiro atoms. The number of carbonyl (C=O) groups is 1. The SMILES string of the molecule is O=C1OC(C(CO)n2ccnn2)CN1c1ccc(C2CCS(=O)(=O)CC2)c(F)c1. The van der Waals surface area contributed by atoms with Gasteiger partial charge in [0.15, 0.2) is 0 Å². The molecule has 0 radical (unpaired) electrons. The maximum atomic E-state index is 14.8. The van der Waals surface area contributed by atoms with Crippen LogP contribution in [0.15, 0.2) is 30.6 Å². The second kappa shape index (κ2) is 7.71. The summed E-state index contributed by atoms with van der Waals surface area (Å²) in [5.74, 6) is -0.511. The van der Waals surface area contributed by atoms with Gasteiger partial charge in [-0.25, -0.2) is 22.3 Å². The highest BCUT2D eigenvalue weighted by molar-refractivity contribution is 7.91. The number of cyclic esters (lactones) is 1. The molecule has 9 nitrogen and oxygen atoms in total. The number of hydrogen-bond acceptors (Lipinski definition) is 7. The van der Waals surface area contributed by atoms with Gasteiger partial charge < -0.3 is 9.84 Å². The average Bonchev–Trinajstić information content (AvgIpc) is 3.33. The summed E-state index contributed by atoms with van der Waals surface area (Å²) in [6, 6.07) is 3.91. The molecule has 2 aliphatic heterocycles. The lowest BCUT2D eigenvalue weighted by Crippen LogP contribution is -2.32. The third-order valence-electron chi connectivity index (χ3n) is 5.52. The van der Waals surface area contributed by atoms with E-state index < -0.39 is 33.9 Å². The van der Waals surface area contributed by atoms with Crippen molar-refractivity contribution in [1.29, 1.82) is 0 Å². The van der Waals surface area contributed by atoms with Crippen molar-refractivity contribution in [1.82, 2.24) is 15.0 Å². The normalized spacial score (nSPS) is 23.2. The minimum absolute atomic E-state index is 0.0593.